The first kappa shape index (κ1) is 14.0. The lowest BCUT2D eigenvalue weighted by Crippen LogP contribution is -2.25. The summed E-state index contributed by atoms with van der Waals surface area (Å²) >= 11 is 0. The van der Waals surface area contributed by atoms with Crippen LogP contribution in [0.15, 0.2) is 24.3 Å². The average molecular weight is 276 g/mol. The molecule has 0 aliphatic carbocycles. The maximum Gasteiger partial charge on any atom is 0.249 e. The van der Waals surface area contributed by atoms with Crippen LogP contribution < -0.4 is 11.1 Å². The van der Waals surface area contributed by atoms with Crippen LogP contribution in [0.5, 0.6) is 0 Å². The van der Waals surface area contributed by atoms with Crippen molar-refractivity contribution in [1.29, 1.82) is 0 Å². The number of aryl methyl sites for hydroxylation is 2. The Morgan fingerprint density at radius 2 is 2.10 bits per heavy atom. The first-order chi connectivity index (χ1) is 9.38. The molecule has 0 fully saturated rings. The van der Waals surface area contributed by atoms with E-state index < -0.39 is 11.9 Å². The highest BCUT2D eigenvalue weighted by Crippen LogP contribution is 2.19. The summed E-state index contributed by atoms with van der Waals surface area (Å²) in [4.78, 5) is 12.2. The van der Waals surface area contributed by atoms with E-state index in [4.69, 9.17) is 5.73 Å². The van der Waals surface area contributed by atoms with Gasteiger partial charge in [0.1, 0.15) is 11.9 Å². The number of benzene rings is 1. The molecule has 0 spiro atoms. The summed E-state index contributed by atoms with van der Waals surface area (Å²) in [5.74, 6) is -0.867. The standard InChI is InChI=1S/C14H17FN4O/c1-8-6-9(2)19(18-8)10(3)14(20)17-13-7-11(16)4-5-12(13)15/h4-7,10H,16H2,1-3H3,(H,17,20). The van der Waals surface area contributed by atoms with Crippen LogP contribution in [0.3, 0.4) is 0 Å². The Bertz CT molecular complexity index is 651. The summed E-state index contributed by atoms with van der Waals surface area (Å²) in [6, 6.07) is 5.39. The number of nitrogens with zero attached hydrogens (tertiary/aromatic N) is 2. The molecule has 1 aromatic carbocycles. The summed E-state index contributed by atoms with van der Waals surface area (Å²) in [6.45, 7) is 5.43. The van der Waals surface area contributed by atoms with Gasteiger partial charge in [-0.15, -0.1) is 0 Å². The lowest BCUT2D eigenvalue weighted by atomic mass is 10.2. The molecular formula is C14H17FN4O. The maximum atomic E-state index is 13.6. The number of nitrogen functional groups attached to an aromatic ring is 1. The number of hydrogen-bond acceptors (Lipinski definition) is 3. The van der Waals surface area contributed by atoms with E-state index in [0.29, 0.717) is 5.69 Å². The smallest absolute Gasteiger partial charge is 0.249 e. The van der Waals surface area contributed by atoms with Gasteiger partial charge in [0.2, 0.25) is 5.91 Å². The monoisotopic (exact) mass is 276 g/mol. The number of nitrogens with one attached hydrogen (secondary N) is 1. The van der Waals surface area contributed by atoms with E-state index in [0.717, 1.165) is 11.4 Å². The molecule has 0 bridgehead atoms. The minimum absolute atomic E-state index is 0.0726. The number of carbonyl (C=O) groups excluding carboxylic acids is 1. The van der Waals surface area contributed by atoms with Crippen molar-refractivity contribution in [3.8, 4) is 0 Å². The van der Waals surface area contributed by atoms with Gasteiger partial charge in [0.25, 0.3) is 0 Å². The highest BCUT2D eigenvalue weighted by atomic mass is 19.1. The van der Waals surface area contributed by atoms with Crippen LogP contribution in [0.4, 0.5) is 15.8 Å². The number of rotatable bonds is 3. The molecule has 0 aliphatic heterocycles. The first-order valence-electron chi connectivity index (χ1n) is 6.27. The second kappa shape index (κ2) is 5.32. The summed E-state index contributed by atoms with van der Waals surface area (Å²) < 4.78 is 15.2. The van der Waals surface area contributed by atoms with Gasteiger partial charge in [-0.1, -0.05) is 0 Å². The Kier molecular flexibility index (Phi) is 3.74. The van der Waals surface area contributed by atoms with Gasteiger partial charge in [0, 0.05) is 11.4 Å². The zero-order valence-electron chi connectivity index (χ0n) is 11.6. The molecule has 1 atom stereocenters. The van der Waals surface area contributed by atoms with Gasteiger partial charge < -0.3 is 11.1 Å². The second-order valence-corrected chi connectivity index (χ2v) is 4.78. The van der Waals surface area contributed by atoms with Crippen molar-refractivity contribution in [3.63, 3.8) is 0 Å². The van der Waals surface area contributed by atoms with Crippen LogP contribution in [-0.4, -0.2) is 15.7 Å². The minimum atomic E-state index is -0.537. The van der Waals surface area contributed by atoms with Crippen LogP contribution in [-0.2, 0) is 4.79 Å². The van der Waals surface area contributed by atoms with Crippen LogP contribution in [0.2, 0.25) is 0 Å². The zero-order chi connectivity index (χ0) is 14.9. The zero-order valence-corrected chi connectivity index (χ0v) is 11.6. The number of aromatic nitrogens is 2. The molecule has 0 radical (unpaired) electrons. The van der Waals surface area contributed by atoms with E-state index >= 15 is 0 Å². The Balaban J connectivity index is 2.19. The molecule has 1 amide bonds. The second-order valence-electron chi connectivity index (χ2n) is 4.78. The molecule has 1 aromatic heterocycles. The third kappa shape index (κ3) is 2.79. The SMILES string of the molecule is Cc1cc(C)n(C(C)C(=O)Nc2cc(N)ccc2F)n1. The molecule has 6 heteroatoms. The molecule has 2 aromatic rings. The fraction of sp³-hybridized carbons (Fsp3) is 0.286. The lowest BCUT2D eigenvalue weighted by Gasteiger charge is -2.15. The predicted octanol–water partition coefficient (Wildman–Crippen LogP) is 2.42. The molecule has 0 saturated carbocycles. The van der Waals surface area contributed by atoms with E-state index in [1.165, 1.54) is 18.2 Å². The van der Waals surface area contributed by atoms with Crippen LogP contribution in [0.25, 0.3) is 0 Å². The van der Waals surface area contributed by atoms with Gasteiger partial charge >= 0.3 is 0 Å². The molecule has 20 heavy (non-hydrogen) atoms. The van der Waals surface area contributed by atoms with Crippen LogP contribution in [0.1, 0.15) is 24.4 Å². The number of anilines is 2. The highest BCUT2D eigenvalue weighted by Gasteiger charge is 2.19. The minimum Gasteiger partial charge on any atom is -0.399 e. The normalized spacial score (nSPS) is 12.2. The van der Waals surface area contributed by atoms with Crippen molar-refractivity contribution < 1.29 is 9.18 Å². The van der Waals surface area contributed by atoms with Gasteiger partial charge in [-0.25, -0.2) is 4.39 Å². The third-order valence-corrected chi connectivity index (χ3v) is 3.04. The van der Waals surface area contributed by atoms with Gasteiger partial charge in [-0.3, -0.25) is 9.48 Å². The van der Waals surface area contributed by atoms with E-state index in [-0.39, 0.29) is 11.6 Å². The molecule has 5 nitrogen and oxygen atoms in total. The predicted molar refractivity (Wildman–Crippen MR) is 75.9 cm³/mol. The summed E-state index contributed by atoms with van der Waals surface area (Å²) in [7, 11) is 0. The van der Waals surface area contributed by atoms with E-state index in [2.05, 4.69) is 10.4 Å². The number of carbonyl (C=O) groups is 1. The molecule has 3 N–H and O–H groups in total. The Labute approximate surface area is 116 Å². The van der Waals surface area contributed by atoms with Crippen molar-refractivity contribution >= 4 is 17.3 Å². The van der Waals surface area contributed by atoms with Crippen molar-refractivity contribution in [3.05, 3.63) is 41.5 Å². The van der Waals surface area contributed by atoms with Gasteiger partial charge in [-0.05, 0) is 45.0 Å². The molecule has 0 saturated heterocycles. The lowest BCUT2D eigenvalue weighted by molar-refractivity contribution is -0.119. The van der Waals surface area contributed by atoms with Crippen LogP contribution in [0, 0.1) is 19.7 Å². The van der Waals surface area contributed by atoms with Gasteiger partial charge in [0.15, 0.2) is 0 Å². The maximum absolute atomic E-state index is 13.6. The van der Waals surface area contributed by atoms with Crippen molar-refractivity contribution in [1.82, 2.24) is 9.78 Å². The molecule has 106 valence electrons. The Morgan fingerprint density at radius 3 is 2.70 bits per heavy atom. The molecule has 1 heterocycles. The van der Waals surface area contributed by atoms with Gasteiger partial charge in [-0.2, -0.15) is 5.10 Å². The third-order valence-electron chi connectivity index (χ3n) is 3.04. The number of nitrogens with two attached hydrogens (primary N) is 1. The quantitative estimate of drug-likeness (QED) is 0.846. The van der Waals surface area contributed by atoms with E-state index in [1.807, 2.05) is 19.9 Å². The fourth-order valence-electron chi connectivity index (χ4n) is 2.03. The number of amides is 1. The fourth-order valence-corrected chi connectivity index (χ4v) is 2.03. The summed E-state index contributed by atoms with van der Waals surface area (Å²) in [5.41, 5.74) is 7.75. The van der Waals surface area contributed by atoms with Crippen molar-refractivity contribution in [2.24, 2.45) is 0 Å². The number of hydrogen-bond donors (Lipinski definition) is 2. The van der Waals surface area contributed by atoms with Crippen LogP contribution >= 0.6 is 0 Å². The molecular weight excluding hydrogens is 259 g/mol. The largest absolute Gasteiger partial charge is 0.399 e. The first-order valence-corrected chi connectivity index (χ1v) is 6.27. The average Bonchev–Trinajstić information content (AvgIpc) is 2.72. The van der Waals surface area contributed by atoms with E-state index in [1.54, 1.807) is 11.6 Å². The Morgan fingerprint density at radius 1 is 1.40 bits per heavy atom. The summed E-state index contributed by atoms with van der Waals surface area (Å²) in [5, 5.41) is 6.78. The summed E-state index contributed by atoms with van der Waals surface area (Å²) in [6.07, 6.45) is 0. The Hall–Kier alpha value is -2.37. The number of halogens is 1. The highest BCUT2D eigenvalue weighted by molar-refractivity contribution is 5.94. The molecule has 2 rings (SSSR count). The van der Waals surface area contributed by atoms with Crippen molar-refractivity contribution in [2.45, 2.75) is 26.8 Å². The van der Waals surface area contributed by atoms with E-state index in [9.17, 15) is 9.18 Å². The topological polar surface area (TPSA) is 72.9 Å². The van der Waals surface area contributed by atoms with Crippen molar-refractivity contribution in [2.75, 3.05) is 11.1 Å². The molecule has 0 aliphatic rings. The molecule has 1 unspecified atom stereocenters. The van der Waals surface area contributed by atoms with Gasteiger partial charge in [0.05, 0.1) is 11.4 Å².